The first-order valence-electron chi connectivity index (χ1n) is 6.85. The standard InChI is InChI=1S/C14H27N3S/c1-6-8-17(7-2)10-12-11-18-13(16-12)9-15-14(3,4)5/h11,15H,6-10H2,1-5H3. The normalized spacial score (nSPS) is 12.3. The zero-order chi connectivity index (χ0) is 13.6. The quantitative estimate of drug-likeness (QED) is 0.823. The third-order valence-electron chi connectivity index (χ3n) is 2.74. The maximum atomic E-state index is 4.70. The van der Waals surface area contributed by atoms with E-state index in [1.54, 1.807) is 11.3 Å². The number of nitrogens with one attached hydrogen (secondary N) is 1. The van der Waals surface area contributed by atoms with Gasteiger partial charge in [0, 0.05) is 24.0 Å². The van der Waals surface area contributed by atoms with Gasteiger partial charge in [-0.05, 0) is 40.3 Å². The van der Waals surface area contributed by atoms with Gasteiger partial charge in [0.25, 0.3) is 0 Å². The lowest BCUT2D eigenvalue weighted by atomic mass is 10.1. The lowest BCUT2D eigenvalue weighted by molar-refractivity contribution is 0.277. The molecule has 1 aromatic heterocycles. The average molecular weight is 269 g/mol. The van der Waals surface area contributed by atoms with Crippen LogP contribution in [-0.4, -0.2) is 28.5 Å². The molecule has 0 fully saturated rings. The van der Waals surface area contributed by atoms with Crippen molar-refractivity contribution in [3.05, 3.63) is 16.1 Å². The third kappa shape index (κ3) is 5.94. The summed E-state index contributed by atoms with van der Waals surface area (Å²) in [4.78, 5) is 7.14. The van der Waals surface area contributed by atoms with Crippen LogP contribution in [0.4, 0.5) is 0 Å². The van der Waals surface area contributed by atoms with Crippen LogP contribution < -0.4 is 5.32 Å². The molecule has 104 valence electrons. The molecule has 0 bridgehead atoms. The van der Waals surface area contributed by atoms with Gasteiger partial charge in [-0.15, -0.1) is 11.3 Å². The monoisotopic (exact) mass is 269 g/mol. The SMILES string of the molecule is CCCN(CC)Cc1csc(CNC(C)(C)C)n1. The first-order valence-corrected chi connectivity index (χ1v) is 7.73. The van der Waals surface area contributed by atoms with Gasteiger partial charge in [0.15, 0.2) is 0 Å². The van der Waals surface area contributed by atoms with E-state index in [4.69, 9.17) is 4.98 Å². The molecule has 0 saturated carbocycles. The van der Waals surface area contributed by atoms with Crippen LogP contribution in [0.3, 0.4) is 0 Å². The Kier molecular flexibility index (Phi) is 6.26. The largest absolute Gasteiger partial charge is 0.306 e. The van der Waals surface area contributed by atoms with Crippen LogP contribution in [0.25, 0.3) is 0 Å². The summed E-state index contributed by atoms with van der Waals surface area (Å²) in [6, 6.07) is 0. The molecule has 0 aromatic carbocycles. The van der Waals surface area contributed by atoms with Crippen molar-refractivity contribution in [2.75, 3.05) is 13.1 Å². The molecule has 1 rings (SSSR count). The van der Waals surface area contributed by atoms with Crippen LogP contribution in [0.2, 0.25) is 0 Å². The zero-order valence-corrected chi connectivity index (χ0v) is 13.2. The minimum atomic E-state index is 0.156. The summed E-state index contributed by atoms with van der Waals surface area (Å²) in [5, 5.41) is 6.86. The first kappa shape index (κ1) is 15.6. The van der Waals surface area contributed by atoms with Gasteiger partial charge in [0.05, 0.1) is 5.69 Å². The van der Waals surface area contributed by atoms with Gasteiger partial charge in [0.1, 0.15) is 5.01 Å². The van der Waals surface area contributed by atoms with Gasteiger partial charge in [-0.25, -0.2) is 4.98 Å². The Hall–Kier alpha value is -0.450. The van der Waals surface area contributed by atoms with Crippen molar-refractivity contribution in [2.24, 2.45) is 0 Å². The molecule has 0 aliphatic carbocycles. The molecule has 0 radical (unpaired) electrons. The number of hydrogen-bond acceptors (Lipinski definition) is 4. The summed E-state index contributed by atoms with van der Waals surface area (Å²) in [5.41, 5.74) is 1.37. The van der Waals surface area contributed by atoms with Crippen LogP contribution in [0.15, 0.2) is 5.38 Å². The molecular weight excluding hydrogens is 242 g/mol. The van der Waals surface area contributed by atoms with Gasteiger partial charge >= 0.3 is 0 Å². The van der Waals surface area contributed by atoms with E-state index < -0.39 is 0 Å². The van der Waals surface area contributed by atoms with E-state index in [2.05, 4.69) is 50.2 Å². The highest BCUT2D eigenvalue weighted by molar-refractivity contribution is 7.09. The smallest absolute Gasteiger partial charge is 0.107 e. The molecular formula is C14H27N3S. The Morgan fingerprint density at radius 1 is 1.33 bits per heavy atom. The van der Waals surface area contributed by atoms with E-state index in [9.17, 15) is 0 Å². The zero-order valence-electron chi connectivity index (χ0n) is 12.4. The van der Waals surface area contributed by atoms with Gasteiger partial charge in [-0.2, -0.15) is 0 Å². The number of hydrogen-bond donors (Lipinski definition) is 1. The van der Waals surface area contributed by atoms with Crippen molar-refractivity contribution in [3.8, 4) is 0 Å². The predicted molar refractivity (Wildman–Crippen MR) is 79.9 cm³/mol. The van der Waals surface area contributed by atoms with Crippen LogP contribution in [0, 0.1) is 0 Å². The van der Waals surface area contributed by atoms with Crippen molar-refractivity contribution in [2.45, 2.75) is 59.7 Å². The average Bonchev–Trinajstić information content (AvgIpc) is 2.73. The molecule has 18 heavy (non-hydrogen) atoms. The number of thiazole rings is 1. The van der Waals surface area contributed by atoms with Gasteiger partial charge in [-0.3, -0.25) is 4.90 Å². The molecule has 1 heterocycles. The molecule has 0 aliphatic heterocycles. The van der Waals surface area contributed by atoms with Crippen molar-refractivity contribution >= 4 is 11.3 Å². The van der Waals surface area contributed by atoms with Crippen molar-refractivity contribution < 1.29 is 0 Å². The lowest BCUT2D eigenvalue weighted by Crippen LogP contribution is -2.35. The van der Waals surface area contributed by atoms with Crippen molar-refractivity contribution in [1.29, 1.82) is 0 Å². The summed E-state index contributed by atoms with van der Waals surface area (Å²) in [5.74, 6) is 0. The maximum Gasteiger partial charge on any atom is 0.107 e. The van der Waals surface area contributed by atoms with Gasteiger partial charge in [0.2, 0.25) is 0 Å². The van der Waals surface area contributed by atoms with Crippen LogP contribution in [-0.2, 0) is 13.1 Å². The fourth-order valence-electron chi connectivity index (χ4n) is 1.74. The molecule has 0 aliphatic rings. The minimum absolute atomic E-state index is 0.156. The number of rotatable bonds is 7. The molecule has 4 heteroatoms. The predicted octanol–water partition coefficient (Wildman–Crippen LogP) is 3.26. The maximum absolute atomic E-state index is 4.70. The highest BCUT2D eigenvalue weighted by atomic mass is 32.1. The molecule has 1 aromatic rings. The fourth-order valence-corrected chi connectivity index (χ4v) is 2.46. The second kappa shape index (κ2) is 7.22. The molecule has 1 N–H and O–H groups in total. The Labute approximate surface area is 116 Å². The highest BCUT2D eigenvalue weighted by Crippen LogP contribution is 2.13. The van der Waals surface area contributed by atoms with E-state index in [1.165, 1.54) is 17.1 Å². The summed E-state index contributed by atoms with van der Waals surface area (Å²) in [6.07, 6.45) is 1.20. The van der Waals surface area contributed by atoms with E-state index in [0.29, 0.717) is 0 Å². The van der Waals surface area contributed by atoms with Crippen LogP contribution in [0.5, 0.6) is 0 Å². The number of nitrogens with zero attached hydrogens (tertiary/aromatic N) is 2. The summed E-state index contributed by atoms with van der Waals surface area (Å²) in [7, 11) is 0. The van der Waals surface area contributed by atoms with Crippen molar-refractivity contribution in [3.63, 3.8) is 0 Å². The van der Waals surface area contributed by atoms with Gasteiger partial charge in [-0.1, -0.05) is 13.8 Å². The number of aromatic nitrogens is 1. The molecule has 0 spiro atoms. The van der Waals surface area contributed by atoms with E-state index in [1.807, 2.05) is 0 Å². The van der Waals surface area contributed by atoms with Crippen LogP contribution in [0.1, 0.15) is 51.7 Å². The first-order chi connectivity index (χ1) is 8.44. The van der Waals surface area contributed by atoms with Gasteiger partial charge < -0.3 is 5.32 Å². The molecule has 3 nitrogen and oxygen atoms in total. The molecule has 0 atom stereocenters. The highest BCUT2D eigenvalue weighted by Gasteiger charge is 2.11. The molecule has 0 unspecified atom stereocenters. The fraction of sp³-hybridized carbons (Fsp3) is 0.786. The molecule has 0 saturated heterocycles. The summed E-state index contributed by atoms with van der Waals surface area (Å²) >= 11 is 1.76. The van der Waals surface area contributed by atoms with E-state index in [-0.39, 0.29) is 5.54 Å². The van der Waals surface area contributed by atoms with Crippen LogP contribution >= 0.6 is 11.3 Å². The Morgan fingerprint density at radius 2 is 2.06 bits per heavy atom. The third-order valence-corrected chi connectivity index (χ3v) is 3.64. The second-order valence-corrected chi connectivity index (χ2v) is 6.65. The van der Waals surface area contributed by atoms with E-state index >= 15 is 0 Å². The lowest BCUT2D eigenvalue weighted by Gasteiger charge is -2.19. The Morgan fingerprint density at radius 3 is 2.61 bits per heavy atom. The van der Waals surface area contributed by atoms with Crippen molar-refractivity contribution in [1.82, 2.24) is 15.2 Å². The topological polar surface area (TPSA) is 28.2 Å². The summed E-state index contributed by atoms with van der Waals surface area (Å²) in [6.45, 7) is 15.1. The molecule has 0 amide bonds. The second-order valence-electron chi connectivity index (χ2n) is 5.70. The summed E-state index contributed by atoms with van der Waals surface area (Å²) < 4.78 is 0. The Bertz CT molecular complexity index is 341. The van der Waals surface area contributed by atoms with E-state index in [0.717, 1.165) is 26.2 Å². The Balaban J connectivity index is 2.47. The minimum Gasteiger partial charge on any atom is -0.306 e.